The number of hydrogen-bond donors (Lipinski definition) is 2. The summed E-state index contributed by atoms with van der Waals surface area (Å²) in [7, 11) is 6.64. The van der Waals surface area contributed by atoms with E-state index in [2.05, 4.69) is 51.5 Å². The van der Waals surface area contributed by atoms with Crippen LogP contribution in [0.25, 0.3) is 0 Å². The molecule has 0 unspecified atom stereocenters. The Morgan fingerprint density at radius 1 is 0.651 bits per heavy atom. The number of methoxy groups -OCH3 is 4. The Kier molecular flexibility index (Phi) is 16.5. The second kappa shape index (κ2) is 21.4. The van der Waals surface area contributed by atoms with E-state index in [0.29, 0.717) is 25.9 Å². The number of likely N-dealkylation sites (tertiary alicyclic amines) is 2. The van der Waals surface area contributed by atoms with Crippen molar-refractivity contribution in [3.05, 3.63) is 82.4 Å². The predicted molar refractivity (Wildman–Crippen MR) is 243 cm³/mol. The van der Waals surface area contributed by atoms with E-state index in [0.717, 1.165) is 81.4 Å². The van der Waals surface area contributed by atoms with E-state index in [9.17, 15) is 18.4 Å². The third-order valence-corrected chi connectivity index (χ3v) is 14.1. The van der Waals surface area contributed by atoms with E-state index in [1.165, 1.54) is 27.8 Å². The van der Waals surface area contributed by atoms with Crippen molar-refractivity contribution in [3.63, 3.8) is 0 Å². The molecule has 0 aromatic heterocycles. The highest BCUT2D eigenvalue weighted by atomic mass is 35.5. The minimum atomic E-state index is -0.439. The first-order valence-corrected chi connectivity index (χ1v) is 21.9. The molecule has 0 spiro atoms. The lowest BCUT2D eigenvalue weighted by Crippen LogP contribution is -2.61. The maximum Gasteiger partial charge on any atom is 0.223 e. The number of carbonyl (C=O) groups is 2. The van der Waals surface area contributed by atoms with Crippen molar-refractivity contribution in [1.29, 1.82) is 0 Å². The summed E-state index contributed by atoms with van der Waals surface area (Å²) >= 11 is 0. The average molecular weight is 918 g/mol. The molecule has 16 heteroatoms. The molecule has 346 valence electrons. The lowest BCUT2D eigenvalue weighted by Gasteiger charge is -2.50. The Morgan fingerprint density at radius 2 is 1.11 bits per heavy atom. The summed E-state index contributed by atoms with van der Waals surface area (Å²) in [4.78, 5) is 33.9. The molecule has 4 fully saturated rings. The van der Waals surface area contributed by atoms with Gasteiger partial charge < -0.3 is 39.8 Å². The lowest BCUT2D eigenvalue weighted by molar-refractivity contribution is -0.132. The maximum absolute atomic E-state index is 13.4. The van der Waals surface area contributed by atoms with Gasteiger partial charge in [0.15, 0.2) is 23.0 Å². The Balaban J connectivity index is 0.000000208. The number of benzene rings is 3. The van der Waals surface area contributed by atoms with Crippen molar-refractivity contribution < 1.29 is 37.3 Å². The number of nitrogens with zero attached hydrogens (tertiary/aromatic N) is 4. The van der Waals surface area contributed by atoms with Gasteiger partial charge in [-0.25, -0.2) is 0 Å². The minimum absolute atomic E-state index is 0. The second-order valence-corrected chi connectivity index (χ2v) is 17.6. The normalized spacial score (nSPS) is 27.7. The predicted octanol–water partition coefficient (Wildman–Crippen LogP) is 5.72. The van der Waals surface area contributed by atoms with Gasteiger partial charge in [0.2, 0.25) is 11.8 Å². The number of alkyl halides is 2. The summed E-state index contributed by atoms with van der Waals surface area (Å²) in [5.74, 6) is 2.76. The molecule has 63 heavy (non-hydrogen) atoms. The summed E-state index contributed by atoms with van der Waals surface area (Å²) in [6.45, 7) is 4.26. The van der Waals surface area contributed by atoms with Crippen LogP contribution in [0.2, 0.25) is 0 Å². The van der Waals surface area contributed by atoms with Crippen molar-refractivity contribution in [2.24, 2.45) is 17.6 Å². The summed E-state index contributed by atoms with van der Waals surface area (Å²) in [5.41, 5.74) is 12.8. The first-order valence-electron chi connectivity index (χ1n) is 21.9. The van der Waals surface area contributed by atoms with Crippen LogP contribution in [0.5, 0.6) is 23.0 Å². The molecule has 8 atom stereocenters. The molecule has 6 heterocycles. The molecule has 0 bridgehead atoms. The van der Waals surface area contributed by atoms with Gasteiger partial charge in [-0.05, 0) is 77.8 Å². The molecule has 4 saturated heterocycles. The van der Waals surface area contributed by atoms with Gasteiger partial charge in [0.05, 0.1) is 53.9 Å². The van der Waals surface area contributed by atoms with Crippen LogP contribution in [0.3, 0.4) is 0 Å². The number of piperidine rings is 2. The van der Waals surface area contributed by atoms with Crippen LogP contribution in [0.1, 0.15) is 65.6 Å². The lowest BCUT2D eigenvalue weighted by atomic mass is 9.82. The van der Waals surface area contributed by atoms with Crippen LogP contribution in [0, 0.1) is 11.8 Å². The Labute approximate surface area is 382 Å². The molecule has 0 aliphatic carbocycles. The number of amides is 2. The van der Waals surface area contributed by atoms with Gasteiger partial charge in [-0.3, -0.25) is 28.2 Å². The maximum atomic E-state index is 13.4. The second-order valence-electron chi connectivity index (χ2n) is 17.6. The van der Waals surface area contributed by atoms with Crippen molar-refractivity contribution in [2.75, 3.05) is 81.1 Å². The van der Waals surface area contributed by atoms with Gasteiger partial charge in [-0.2, -0.15) is 0 Å². The quantitative estimate of drug-likeness (QED) is 0.248. The zero-order chi connectivity index (χ0) is 42.8. The summed E-state index contributed by atoms with van der Waals surface area (Å²) < 4.78 is 48.5. The van der Waals surface area contributed by atoms with Crippen LogP contribution in [-0.2, 0) is 29.0 Å². The van der Waals surface area contributed by atoms with Crippen LogP contribution >= 0.6 is 24.8 Å². The van der Waals surface area contributed by atoms with Crippen LogP contribution in [-0.4, -0.2) is 137 Å². The minimum Gasteiger partial charge on any atom is -0.493 e. The summed E-state index contributed by atoms with van der Waals surface area (Å²) in [5, 5.41) is 3.76. The number of fused-ring (bicyclic) bond motifs is 6. The van der Waals surface area contributed by atoms with Gasteiger partial charge in [0.25, 0.3) is 0 Å². The van der Waals surface area contributed by atoms with E-state index in [4.69, 9.17) is 24.7 Å². The fourth-order valence-corrected chi connectivity index (χ4v) is 10.9. The number of nitrogens with two attached hydrogens (primary N) is 1. The monoisotopic (exact) mass is 916 g/mol. The largest absolute Gasteiger partial charge is 0.493 e. The summed E-state index contributed by atoms with van der Waals surface area (Å²) in [6.07, 6.45) is 4.14. The standard InChI is InChI=1S/C27H34FN3O3.C20H28FN3O3.2ClH/c1-33-25-11-20-8-9-30-17-24(31-16-19(14-28)10-27(31)32)22(29-15-18-6-4-3-5-7-18)13-23(30)21(20)12-26(25)34-2;1-26-18-6-13-3-4-23-11-17(24-10-12(9-21)5-20(24)25)15(22)8-16(23)14(13)7-19(18)27-2;;/h3-7,11-12,19,22-24,29H,8-10,13-17H2,1-2H3;6-7,12,15-17H,3-5,8-11,22H2,1-2H3;2*1H/t19-,22+,23+,24+;12-,15+,16+,17+;;/m11../s1. The molecule has 3 N–H and O–H groups in total. The molecule has 3 aromatic rings. The van der Waals surface area contributed by atoms with E-state index >= 15 is 0 Å². The smallest absolute Gasteiger partial charge is 0.223 e. The molecule has 0 saturated carbocycles. The number of halogens is 4. The molecular weight excluding hydrogens is 853 g/mol. The first kappa shape index (κ1) is 48.5. The van der Waals surface area contributed by atoms with Gasteiger partial charge in [0.1, 0.15) is 0 Å². The Hall–Kier alpha value is -3.92. The third-order valence-electron chi connectivity index (χ3n) is 14.1. The first-order chi connectivity index (χ1) is 29.7. The van der Waals surface area contributed by atoms with E-state index < -0.39 is 13.3 Å². The van der Waals surface area contributed by atoms with E-state index in [1.54, 1.807) is 28.4 Å². The van der Waals surface area contributed by atoms with Crippen molar-refractivity contribution in [3.8, 4) is 23.0 Å². The number of hydrogen-bond acceptors (Lipinski definition) is 10. The highest BCUT2D eigenvalue weighted by molar-refractivity contribution is 5.85. The third kappa shape index (κ3) is 10.0. The Bertz CT molecular complexity index is 2040. The topological polar surface area (TPSA) is 122 Å². The highest BCUT2D eigenvalue weighted by Crippen LogP contribution is 2.45. The number of rotatable bonds is 11. The molecule has 3 aromatic carbocycles. The van der Waals surface area contributed by atoms with Crippen LogP contribution in [0.4, 0.5) is 8.78 Å². The van der Waals surface area contributed by atoms with Crippen LogP contribution in [0.15, 0.2) is 54.6 Å². The van der Waals surface area contributed by atoms with Gasteiger partial charge in [0, 0.05) is 94.7 Å². The molecule has 6 aliphatic heterocycles. The van der Waals surface area contributed by atoms with Gasteiger partial charge in [-0.15, -0.1) is 24.8 Å². The van der Waals surface area contributed by atoms with Crippen molar-refractivity contribution >= 4 is 36.6 Å². The molecule has 2 amide bonds. The fraction of sp³-hybridized carbons (Fsp3) is 0.574. The zero-order valence-corrected chi connectivity index (χ0v) is 38.4. The molecule has 12 nitrogen and oxygen atoms in total. The van der Waals surface area contributed by atoms with E-state index in [1.807, 2.05) is 28.0 Å². The fourth-order valence-electron chi connectivity index (χ4n) is 10.9. The summed E-state index contributed by atoms with van der Waals surface area (Å²) in [6, 6.07) is 19.2. The average Bonchev–Trinajstić information content (AvgIpc) is 3.87. The number of ether oxygens (including phenoxy) is 4. The van der Waals surface area contributed by atoms with Crippen LogP contribution < -0.4 is 30.0 Å². The number of carbonyl (C=O) groups excluding carboxylic acids is 2. The van der Waals surface area contributed by atoms with Crippen molar-refractivity contribution in [2.45, 2.75) is 81.3 Å². The zero-order valence-electron chi connectivity index (χ0n) is 36.8. The van der Waals surface area contributed by atoms with E-state index in [-0.39, 0.29) is 84.7 Å². The molecule has 9 rings (SSSR count). The molecule has 6 aliphatic rings. The van der Waals surface area contributed by atoms with Crippen molar-refractivity contribution in [1.82, 2.24) is 24.9 Å². The Morgan fingerprint density at radius 3 is 1.59 bits per heavy atom. The molecular formula is C47H64Cl2F2N6O6. The number of nitrogens with one attached hydrogen (secondary N) is 1. The molecule has 0 radical (unpaired) electrons. The van der Waals surface area contributed by atoms with Gasteiger partial charge in [-0.1, -0.05) is 30.3 Å². The highest BCUT2D eigenvalue weighted by Gasteiger charge is 2.46. The van der Waals surface area contributed by atoms with Gasteiger partial charge >= 0.3 is 0 Å². The SMILES string of the molecule is COc1cc2c(cc1OC)[C@@H]1C[C@H](N)[C@@H](N3C[C@@H](CF)CC3=O)CN1CC2.COc1cc2c(cc1OC)[C@@H]1C[C@H](NCc3ccccc3)[C@@H](N3C[C@@H](CF)CC3=O)CN1CC2.Cl.Cl.